The van der Waals surface area contributed by atoms with Gasteiger partial charge in [0.15, 0.2) is 0 Å². The zero-order chi connectivity index (χ0) is 18.8. The van der Waals surface area contributed by atoms with Crippen LogP contribution in [0.3, 0.4) is 0 Å². The molecule has 0 spiro atoms. The fourth-order valence-electron chi connectivity index (χ4n) is 3.67. The van der Waals surface area contributed by atoms with Crippen LogP contribution in [0.15, 0.2) is 0 Å². The van der Waals surface area contributed by atoms with Gasteiger partial charge >= 0.3 is 5.97 Å². The Bertz CT molecular complexity index is 537. The third-order valence-corrected chi connectivity index (χ3v) is 5.27. The van der Waals surface area contributed by atoms with Crippen molar-refractivity contribution in [3.63, 3.8) is 0 Å². The van der Waals surface area contributed by atoms with E-state index in [1.165, 1.54) is 7.11 Å². The van der Waals surface area contributed by atoms with Crippen LogP contribution in [0.1, 0.15) is 46.0 Å². The number of aliphatic carboxylic acids is 1. The van der Waals surface area contributed by atoms with E-state index in [1.807, 2.05) is 6.92 Å². The lowest BCUT2D eigenvalue weighted by atomic mass is 9.84. The van der Waals surface area contributed by atoms with Gasteiger partial charge in [0.05, 0.1) is 12.2 Å². The zero-order valence-corrected chi connectivity index (χ0v) is 14.9. The van der Waals surface area contributed by atoms with E-state index >= 15 is 0 Å². The number of likely N-dealkylation sites (tertiary alicyclic amines) is 1. The van der Waals surface area contributed by atoms with Crippen molar-refractivity contribution in [2.45, 2.75) is 70.0 Å². The van der Waals surface area contributed by atoms with Crippen molar-refractivity contribution >= 4 is 17.7 Å². The monoisotopic (exact) mass is 357 g/mol. The Morgan fingerprint density at radius 2 is 2.00 bits per heavy atom. The topological polar surface area (TPSA) is 113 Å². The van der Waals surface area contributed by atoms with E-state index in [2.05, 4.69) is 0 Å². The fourth-order valence-corrected chi connectivity index (χ4v) is 3.67. The summed E-state index contributed by atoms with van der Waals surface area (Å²) in [7, 11) is 1.53. The molecule has 2 N–H and O–H groups in total. The number of aliphatic hydroxyl groups is 1. The minimum absolute atomic E-state index is 0.184. The van der Waals surface area contributed by atoms with Gasteiger partial charge in [-0.1, -0.05) is 13.8 Å². The summed E-state index contributed by atoms with van der Waals surface area (Å²) in [5.74, 6) is -6.14. The lowest BCUT2D eigenvalue weighted by molar-refractivity contribution is -0.286. The summed E-state index contributed by atoms with van der Waals surface area (Å²) in [6.45, 7) is 3.64. The average Bonchev–Trinajstić information content (AvgIpc) is 2.62. The van der Waals surface area contributed by atoms with Gasteiger partial charge in [-0.05, 0) is 32.1 Å². The van der Waals surface area contributed by atoms with Crippen molar-refractivity contribution in [1.82, 2.24) is 4.90 Å². The molecule has 142 valence electrons. The van der Waals surface area contributed by atoms with E-state index < -0.39 is 41.5 Å². The van der Waals surface area contributed by atoms with Crippen LogP contribution >= 0.6 is 0 Å². The van der Waals surface area contributed by atoms with Crippen LogP contribution in [0.25, 0.3) is 0 Å². The van der Waals surface area contributed by atoms with Crippen LogP contribution in [0.5, 0.6) is 0 Å². The van der Waals surface area contributed by atoms with E-state index in [4.69, 9.17) is 9.47 Å². The van der Waals surface area contributed by atoms with Gasteiger partial charge in [-0.15, -0.1) is 0 Å². The molecule has 2 rings (SSSR count). The molecule has 8 nitrogen and oxygen atoms in total. The average molecular weight is 357 g/mol. The maximum Gasteiger partial charge on any atom is 0.326 e. The van der Waals surface area contributed by atoms with Crippen LogP contribution in [0, 0.1) is 5.92 Å². The van der Waals surface area contributed by atoms with Gasteiger partial charge in [0, 0.05) is 19.6 Å². The Morgan fingerprint density at radius 3 is 2.56 bits per heavy atom. The molecule has 0 bridgehead atoms. The number of rotatable bonds is 5. The van der Waals surface area contributed by atoms with E-state index in [0.29, 0.717) is 32.1 Å². The first-order valence-corrected chi connectivity index (χ1v) is 8.77. The molecule has 0 aliphatic carbocycles. The predicted octanol–water partition coefficient (Wildman–Crippen LogP) is 0.560. The highest BCUT2D eigenvalue weighted by Crippen LogP contribution is 2.36. The molecule has 2 fully saturated rings. The molecule has 2 saturated heterocycles. The second kappa shape index (κ2) is 7.80. The molecule has 0 aromatic heterocycles. The van der Waals surface area contributed by atoms with Gasteiger partial charge in [-0.3, -0.25) is 9.59 Å². The van der Waals surface area contributed by atoms with Gasteiger partial charge in [-0.25, -0.2) is 4.79 Å². The summed E-state index contributed by atoms with van der Waals surface area (Å²) in [4.78, 5) is 37.8. The van der Waals surface area contributed by atoms with Crippen LogP contribution in [-0.2, 0) is 23.9 Å². The number of amides is 1. The normalized spacial score (nSPS) is 36.1. The maximum atomic E-state index is 12.8. The van der Waals surface area contributed by atoms with Crippen LogP contribution < -0.4 is 0 Å². The Labute approximate surface area is 147 Å². The number of ether oxygens (including phenoxy) is 2. The number of methoxy groups -OCH3 is 1. The molecular formula is C17H27NO7. The van der Waals surface area contributed by atoms with Gasteiger partial charge in [0.1, 0.15) is 6.04 Å². The van der Waals surface area contributed by atoms with Crippen molar-refractivity contribution < 1.29 is 34.1 Å². The molecule has 5 atom stereocenters. The molecule has 8 heteroatoms. The number of carbonyl (C=O) groups is 3. The number of hydrogen-bond donors (Lipinski definition) is 2. The summed E-state index contributed by atoms with van der Waals surface area (Å²) in [6.07, 6.45) is 1.70. The number of hydrogen-bond acceptors (Lipinski definition) is 6. The highest BCUT2D eigenvalue weighted by Gasteiger charge is 2.54. The quantitative estimate of drug-likeness (QED) is 0.691. The Balaban J connectivity index is 2.22. The second-order valence-electron chi connectivity index (χ2n) is 6.85. The SMILES string of the molecule is CCC1OC(O)(C(=O)C(=O)N2CCCCC2C(=O)O)C(C)CC1OC. The van der Waals surface area contributed by atoms with Crippen LogP contribution in [-0.4, -0.2) is 70.5 Å². The summed E-state index contributed by atoms with van der Waals surface area (Å²) in [6, 6.07) is -1.04. The van der Waals surface area contributed by atoms with Crippen LogP contribution in [0.4, 0.5) is 0 Å². The molecule has 2 aliphatic rings. The lowest BCUT2D eigenvalue weighted by Crippen LogP contribution is -2.62. The van der Waals surface area contributed by atoms with E-state index in [-0.39, 0.29) is 12.6 Å². The summed E-state index contributed by atoms with van der Waals surface area (Å²) in [5, 5.41) is 20.1. The molecule has 2 heterocycles. The molecule has 0 aromatic rings. The van der Waals surface area contributed by atoms with E-state index in [0.717, 1.165) is 4.90 Å². The van der Waals surface area contributed by atoms with Crippen LogP contribution in [0.2, 0.25) is 0 Å². The van der Waals surface area contributed by atoms with Gasteiger partial charge in [-0.2, -0.15) is 0 Å². The minimum Gasteiger partial charge on any atom is -0.480 e. The van der Waals surface area contributed by atoms with Gasteiger partial charge in [0.2, 0.25) is 5.79 Å². The first kappa shape index (κ1) is 19.8. The van der Waals surface area contributed by atoms with Crippen molar-refractivity contribution in [3.05, 3.63) is 0 Å². The fraction of sp³-hybridized carbons (Fsp3) is 0.824. The Morgan fingerprint density at radius 1 is 1.32 bits per heavy atom. The first-order chi connectivity index (χ1) is 11.8. The number of nitrogens with zero attached hydrogens (tertiary/aromatic N) is 1. The first-order valence-electron chi connectivity index (χ1n) is 8.77. The molecule has 1 amide bonds. The largest absolute Gasteiger partial charge is 0.480 e. The lowest BCUT2D eigenvalue weighted by Gasteiger charge is -2.44. The Hall–Kier alpha value is -1.51. The molecule has 2 aliphatic heterocycles. The molecule has 25 heavy (non-hydrogen) atoms. The molecule has 0 aromatic carbocycles. The highest BCUT2D eigenvalue weighted by atomic mass is 16.7. The third-order valence-electron chi connectivity index (χ3n) is 5.27. The molecular weight excluding hydrogens is 330 g/mol. The highest BCUT2D eigenvalue weighted by molar-refractivity contribution is 6.39. The Kier molecular flexibility index (Phi) is 6.18. The maximum absolute atomic E-state index is 12.8. The number of carbonyl (C=O) groups excluding carboxylic acids is 2. The molecule has 0 radical (unpaired) electrons. The van der Waals surface area contributed by atoms with Crippen molar-refractivity contribution in [2.75, 3.05) is 13.7 Å². The number of piperidine rings is 1. The summed E-state index contributed by atoms with van der Waals surface area (Å²) in [5.41, 5.74) is 0. The van der Waals surface area contributed by atoms with E-state index in [1.54, 1.807) is 6.92 Å². The third kappa shape index (κ3) is 3.70. The van der Waals surface area contributed by atoms with Gasteiger partial charge in [0.25, 0.3) is 11.7 Å². The molecule has 0 saturated carbocycles. The van der Waals surface area contributed by atoms with Crippen molar-refractivity contribution in [2.24, 2.45) is 5.92 Å². The van der Waals surface area contributed by atoms with Crippen molar-refractivity contribution in [3.8, 4) is 0 Å². The van der Waals surface area contributed by atoms with E-state index in [9.17, 15) is 24.6 Å². The number of carboxylic acid groups (broad SMARTS) is 1. The van der Waals surface area contributed by atoms with Gasteiger partial charge < -0.3 is 24.6 Å². The second-order valence-corrected chi connectivity index (χ2v) is 6.85. The predicted molar refractivity (Wildman–Crippen MR) is 86.7 cm³/mol. The molecule has 5 unspecified atom stereocenters. The zero-order valence-electron chi connectivity index (χ0n) is 14.9. The number of Topliss-reactive ketones (excluding diaryl/α,β-unsaturated/α-hetero) is 1. The number of carboxylic acids is 1. The minimum atomic E-state index is -2.26. The summed E-state index contributed by atoms with van der Waals surface area (Å²) < 4.78 is 10.9. The smallest absolute Gasteiger partial charge is 0.326 e. The standard InChI is InChI=1S/C17H27NO7/c1-4-12-13(24-3)9-10(2)17(23,25-12)14(19)15(20)18-8-6-5-7-11(18)16(21)22/h10-13,23H,4-9H2,1-3H3,(H,21,22). The number of ketones is 1. The van der Waals surface area contributed by atoms with Crippen molar-refractivity contribution in [1.29, 1.82) is 0 Å². The summed E-state index contributed by atoms with van der Waals surface area (Å²) >= 11 is 0.